The van der Waals surface area contributed by atoms with Gasteiger partial charge >= 0.3 is 6.09 Å². The molecule has 1 amide bonds. The van der Waals surface area contributed by atoms with Crippen LogP contribution in [0.4, 0.5) is 4.79 Å². The first-order chi connectivity index (χ1) is 8.19. The zero-order chi connectivity index (χ0) is 12.0. The maximum absolute atomic E-state index is 11.3. The van der Waals surface area contributed by atoms with Gasteiger partial charge in [0.1, 0.15) is 0 Å². The van der Waals surface area contributed by atoms with E-state index in [1.54, 1.807) is 4.90 Å². The number of rotatable bonds is 2. The van der Waals surface area contributed by atoms with Gasteiger partial charge in [-0.05, 0) is 24.9 Å². The van der Waals surface area contributed by atoms with Crippen molar-refractivity contribution >= 4 is 6.09 Å². The Kier molecular flexibility index (Phi) is 2.16. The Morgan fingerprint density at radius 3 is 2.76 bits per heavy atom. The van der Waals surface area contributed by atoms with Crippen LogP contribution < -0.4 is 5.32 Å². The summed E-state index contributed by atoms with van der Waals surface area (Å²) in [7, 11) is 1.93. The Morgan fingerprint density at radius 1 is 1.47 bits per heavy atom. The number of fused-ring (bicyclic) bond motifs is 1. The number of carbonyl (C=O) groups is 1. The number of hydrogen-bond acceptors (Lipinski definition) is 2. The van der Waals surface area contributed by atoms with Crippen molar-refractivity contribution in [2.45, 2.75) is 18.0 Å². The smallest absolute Gasteiger partial charge is 0.407 e. The molecule has 1 heterocycles. The van der Waals surface area contributed by atoms with Gasteiger partial charge in [-0.15, -0.1) is 0 Å². The first kappa shape index (κ1) is 10.6. The van der Waals surface area contributed by atoms with Crippen molar-refractivity contribution in [3.8, 4) is 0 Å². The van der Waals surface area contributed by atoms with Crippen LogP contribution in [0.1, 0.15) is 18.0 Å². The van der Waals surface area contributed by atoms with E-state index >= 15 is 0 Å². The molecule has 4 nitrogen and oxygen atoms in total. The average molecular weight is 232 g/mol. The van der Waals surface area contributed by atoms with Crippen LogP contribution in [-0.2, 0) is 0 Å². The molecule has 3 rings (SSSR count). The molecule has 90 valence electrons. The summed E-state index contributed by atoms with van der Waals surface area (Å²) in [4.78, 5) is 12.9. The summed E-state index contributed by atoms with van der Waals surface area (Å²) >= 11 is 0. The number of carboxylic acid groups (broad SMARTS) is 1. The number of likely N-dealkylation sites (N-methyl/N-ethyl adjacent to an activating group) is 1. The van der Waals surface area contributed by atoms with E-state index in [-0.39, 0.29) is 11.6 Å². The molecule has 17 heavy (non-hydrogen) atoms. The third-order valence-electron chi connectivity index (χ3n) is 4.20. The number of amides is 1. The van der Waals surface area contributed by atoms with Crippen LogP contribution in [0.2, 0.25) is 0 Å². The molecule has 4 heteroatoms. The molecule has 1 saturated heterocycles. The fourth-order valence-electron chi connectivity index (χ4n) is 3.28. The third kappa shape index (κ3) is 1.37. The molecule has 0 radical (unpaired) electrons. The van der Waals surface area contributed by atoms with Gasteiger partial charge in [0.25, 0.3) is 0 Å². The van der Waals surface area contributed by atoms with E-state index in [0.717, 1.165) is 12.0 Å². The standard InChI is InChI=1S/C13H16N2O2/c1-14-13-7-10(13)8-15(12(16)17)11(13)9-5-3-2-4-6-9/h2-6,10-11,14H,7-8H2,1H3,(H,16,17)/t10-,11-,13+/m0/s1. The highest BCUT2D eigenvalue weighted by atomic mass is 16.4. The molecule has 0 spiro atoms. The number of hydrogen-bond donors (Lipinski definition) is 2. The molecule has 1 aliphatic carbocycles. The molecule has 2 aliphatic rings. The van der Waals surface area contributed by atoms with E-state index in [9.17, 15) is 9.90 Å². The molecule has 2 fully saturated rings. The van der Waals surface area contributed by atoms with Crippen LogP contribution in [-0.4, -0.2) is 35.2 Å². The maximum Gasteiger partial charge on any atom is 0.407 e. The van der Waals surface area contributed by atoms with Crippen LogP contribution in [0.15, 0.2) is 30.3 Å². The summed E-state index contributed by atoms with van der Waals surface area (Å²) in [6.07, 6.45) is 0.257. The number of benzene rings is 1. The minimum Gasteiger partial charge on any atom is -0.465 e. The molecule has 1 aromatic carbocycles. The van der Waals surface area contributed by atoms with Crippen molar-refractivity contribution in [3.05, 3.63) is 35.9 Å². The lowest BCUT2D eigenvalue weighted by molar-refractivity contribution is 0.127. The molecule has 3 atom stereocenters. The Hall–Kier alpha value is -1.55. The molecule has 1 saturated carbocycles. The fourth-order valence-corrected chi connectivity index (χ4v) is 3.28. The fraction of sp³-hybridized carbons (Fsp3) is 0.462. The van der Waals surface area contributed by atoms with Gasteiger partial charge in [0.05, 0.1) is 6.04 Å². The summed E-state index contributed by atoms with van der Waals surface area (Å²) in [5, 5.41) is 12.6. The Bertz CT molecular complexity index is 444. The van der Waals surface area contributed by atoms with Crippen molar-refractivity contribution in [1.82, 2.24) is 10.2 Å². The van der Waals surface area contributed by atoms with Crippen LogP contribution in [0.5, 0.6) is 0 Å². The van der Waals surface area contributed by atoms with Crippen molar-refractivity contribution in [2.75, 3.05) is 13.6 Å². The SMILES string of the molecule is CN[C@]12C[C@H]1CN(C(=O)O)[C@H]2c1ccccc1. The lowest BCUT2D eigenvalue weighted by Crippen LogP contribution is -2.41. The highest BCUT2D eigenvalue weighted by molar-refractivity contribution is 5.68. The second-order valence-electron chi connectivity index (χ2n) is 4.94. The first-order valence-corrected chi connectivity index (χ1v) is 5.92. The molecule has 0 aromatic heterocycles. The first-order valence-electron chi connectivity index (χ1n) is 5.92. The minimum absolute atomic E-state index is 0.0280. The van der Waals surface area contributed by atoms with Crippen molar-refractivity contribution < 1.29 is 9.90 Å². The topological polar surface area (TPSA) is 52.6 Å². The normalized spacial score (nSPS) is 34.5. The predicted molar refractivity (Wildman–Crippen MR) is 63.8 cm³/mol. The van der Waals surface area contributed by atoms with Gasteiger partial charge in [-0.1, -0.05) is 30.3 Å². The highest BCUT2D eigenvalue weighted by Gasteiger charge is 2.66. The summed E-state index contributed by atoms with van der Waals surface area (Å²) in [6, 6.07) is 9.88. The van der Waals surface area contributed by atoms with Gasteiger partial charge in [0, 0.05) is 12.1 Å². The number of nitrogens with zero attached hydrogens (tertiary/aromatic N) is 1. The maximum atomic E-state index is 11.3. The number of piperidine rings is 1. The van der Waals surface area contributed by atoms with E-state index < -0.39 is 6.09 Å². The molecule has 0 bridgehead atoms. The number of nitrogens with one attached hydrogen (secondary N) is 1. The van der Waals surface area contributed by atoms with Crippen LogP contribution in [0.25, 0.3) is 0 Å². The van der Waals surface area contributed by atoms with Crippen LogP contribution in [0.3, 0.4) is 0 Å². The van der Waals surface area contributed by atoms with Crippen molar-refractivity contribution in [3.63, 3.8) is 0 Å². The van der Waals surface area contributed by atoms with Gasteiger partial charge in [0.2, 0.25) is 0 Å². The van der Waals surface area contributed by atoms with E-state index in [2.05, 4.69) is 5.32 Å². The molecular formula is C13H16N2O2. The third-order valence-corrected chi connectivity index (χ3v) is 4.20. The molecule has 2 N–H and O–H groups in total. The Morgan fingerprint density at radius 2 is 2.18 bits per heavy atom. The second-order valence-corrected chi connectivity index (χ2v) is 4.94. The van der Waals surface area contributed by atoms with E-state index in [1.165, 1.54) is 0 Å². The summed E-state index contributed by atoms with van der Waals surface area (Å²) in [5.41, 5.74) is 1.06. The summed E-state index contributed by atoms with van der Waals surface area (Å²) in [6.45, 7) is 0.649. The van der Waals surface area contributed by atoms with E-state index in [4.69, 9.17) is 0 Å². The average Bonchev–Trinajstić information content (AvgIpc) is 2.96. The largest absolute Gasteiger partial charge is 0.465 e. The van der Waals surface area contributed by atoms with Gasteiger partial charge in [-0.25, -0.2) is 4.79 Å². The minimum atomic E-state index is -0.819. The Labute approximate surface area is 100 Å². The lowest BCUT2D eigenvalue weighted by Gasteiger charge is -2.30. The quantitative estimate of drug-likeness (QED) is 0.816. The molecule has 0 unspecified atom stereocenters. The summed E-state index contributed by atoms with van der Waals surface area (Å²) in [5.74, 6) is 0.466. The van der Waals surface area contributed by atoms with Gasteiger partial charge in [0.15, 0.2) is 0 Å². The second kappa shape index (κ2) is 3.47. The molecule has 1 aliphatic heterocycles. The van der Waals surface area contributed by atoms with Gasteiger partial charge in [-0.2, -0.15) is 0 Å². The molecule has 1 aromatic rings. The lowest BCUT2D eigenvalue weighted by atomic mass is 9.97. The zero-order valence-corrected chi connectivity index (χ0v) is 9.76. The van der Waals surface area contributed by atoms with Gasteiger partial charge in [-0.3, -0.25) is 4.90 Å². The predicted octanol–water partition coefficient (Wildman–Crippen LogP) is 1.70. The van der Waals surface area contributed by atoms with Crippen molar-refractivity contribution in [1.29, 1.82) is 0 Å². The van der Waals surface area contributed by atoms with E-state index in [1.807, 2.05) is 37.4 Å². The van der Waals surface area contributed by atoms with Crippen molar-refractivity contribution in [2.24, 2.45) is 5.92 Å². The van der Waals surface area contributed by atoms with E-state index in [0.29, 0.717) is 12.5 Å². The summed E-state index contributed by atoms with van der Waals surface area (Å²) < 4.78 is 0. The molecular weight excluding hydrogens is 216 g/mol. The van der Waals surface area contributed by atoms with Crippen LogP contribution in [0, 0.1) is 5.92 Å². The Balaban J connectivity index is 2.00. The monoisotopic (exact) mass is 232 g/mol. The number of likely N-dealkylation sites (tertiary alicyclic amines) is 1. The highest BCUT2D eigenvalue weighted by Crippen LogP contribution is 2.59. The van der Waals surface area contributed by atoms with Crippen LogP contribution >= 0.6 is 0 Å². The van der Waals surface area contributed by atoms with Gasteiger partial charge < -0.3 is 10.4 Å². The zero-order valence-electron chi connectivity index (χ0n) is 9.76.